The zero-order valence-electron chi connectivity index (χ0n) is 31.6. The van der Waals surface area contributed by atoms with E-state index in [1.807, 2.05) is 132 Å². The first-order valence-corrected chi connectivity index (χ1v) is 19.2. The van der Waals surface area contributed by atoms with Crippen molar-refractivity contribution in [2.75, 3.05) is 26.9 Å². The third kappa shape index (κ3) is 12.6. The zero-order chi connectivity index (χ0) is 37.9. The van der Waals surface area contributed by atoms with Gasteiger partial charge in [-0.05, 0) is 35.1 Å². The number of rotatable bonds is 23. The molecule has 4 aromatic carbocycles. The Morgan fingerprint density at radius 3 is 1.55 bits per heavy atom. The highest BCUT2D eigenvalue weighted by molar-refractivity contribution is 5.18. The van der Waals surface area contributed by atoms with Crippen LogP contribution in [0.5, 0.6) is 0 Å². The molecular weight excluding hydrogens is 697 g/mol. The Balaban J connectivity index is 1.25. The first kappa shape index (κ1) is 40.4. The predicted octanol–water partition coefficient (Wildman–Crippen LogP) is 5.90. The molecule has 0 aliphatic heterocycles. The van der Waals surface area contributed by atoms with E-state index in [0.717, 1.165) is 40.8 Å². The summed E-state index contributed by atoms with van der Waals surface area (Å²) in [6.45, 7) is 4.23. The molecule has 0 saturated heterocycles. The fraction of sp³-hybridized carbons (Fsp3) is 0.409. The third-order valence-corrected chi connectivity index (χ3v) is 9.59. The summed E-state index contributed by atoms with van der Waals surface area (Å²) in [6.07, 6.45) is -0.147. The van der Waals surface area contributed by atoms with Crippen LogP contribution < -0.4 is 5.32 Å². The van der Waals surface area contributed by atoms with Crippen LogP contribution >= 0.6 is 0 Å². The number of nitrogens with one attached hydrogen (secondary N) is 1. The summed E-state index contributed by atoms with van der Waals surface area (Å²) in [5, 5.41) is 24.8. The number of aliphatic hydroxyl groups excluding tert-OH is 1. The van der Waals surface area contributed by atoms with Crippen molar-refractivity contribution in [2.45, 2.75) is 88.9 Å². The van der Waals surface area contributed by atoms with E-state index in [2.05, 4.69) is 15.6 Å². The molecule has 5 aromatic rings. The first-order chi connectivity index (χ1) is 27.2. The molecule has 0 radical (unpaired) electrons. The lowest BCUT2D eigenvalue weighted by atomic mass is 9.82. The van der Waals surface area contributed by atoms with Gasteiger partial charge in [0.05, 0.1) is 38.2 Å². The van der Waals surface area contributed by atoms with E-state index in [9.17, 15) is 5.11 Å². The van der Waals surface area contributed by atoms with E-state index in [1.54, 1.807) is 7.11 Å². The van der Waals surface area contributed by atoms with Gasteiger partial charge in [0.25, 0.3) is 0 Å². The number of hydrogen-bond acceptors (Lipinski definition) is 10. The SMILES string of the molecule is COCCCOCCCn1cc(CN[C@@H]2[C@@H](O)[C@H](OCc3ccccc3)[C@@H](OCc3ccccc3)[C@H](OCc3ccccc3)[C@H]2OCc2ccccc2)nn1. The highest BCUT2D eigenvalue weighted by Gasteiger charge is 2.53. The Morgan fingerprint density at radius 1 is 0.582 bits per heavy atom. The lowest BCUT2D eigenvalue weighted by molar-refractivity contribution is -0.251. The van der Waals surface area contributed by atoms with E-state index < -0.39 is 36.6 Å². The second kappa shape index (κ2) is 22.3. The minimum absolute atomic E-state index is 0.284. The van der Waals surface area contributed by atoms with Crippen molar-refractivity contribution in [3.05, 3.63) is 155 Å². The van der Waals surface area contributed by atoms with Gasteiger partial charge in [-0.1, -0.05) is 127 Å². The highest BCUT2D eigenvalue weighted by atomic mass is 16.6. The summed E-state index contributed by atoms with van der Waals surface area (Å²) in [4.78, 5) is 0. The quantitative estimate of drug-likeness (QED) is 0.0783. The molecule has 6 rings (SSSR count). The standard InChI is InChI=1S/C44H54N4O7/c1-50-25-15-27-51-26-14-24-48-29-38(46-47-48)28-45-39-40(49)42(53-31-35-18-8-3-9-19-35)44(55-33-37-22-12-5-13-23-37)43(54-32-36-20-10-4-11-21-36)41(39)52-30-34-16-6-2-7-17-34/h2-13,16-23,29,39-45,49H,14-15,24-28,30-33H2,1H3/t39-,40-,41+,42+,43-,44-/m1/s1. The Bertz CT molecular complexity index is 1750. The van der Waals surface area contributed by atoms with E-state index in [1.165, 1.54) is 0 Å². The van der Waals surface area contributed by atoms with E-state index in [4.69, 9.17) is 28.4 Å². The number of methoxy groups -OCH3 is 1. The molecule has 292 valence electrons. The smallest absolute Gasteiger partial charge is 0.115 e. The summed E-state index contributed by atoms with van der Waals surface area (Å²) in [5.74, 6) is 0. The Hall–Kier alpha value is -4.30. The minimum Gasteiger partial charge on any atom is -0.389 e. The lowest BCUT2D eigenvalue weighted by Crippen LogP contribution is -2.69. The molecule has 0 unspecified atom stereocenters. The normalized spacial score (nSPS) is 21.1. The molecule has 0 spiro atoms. The number of aromatic nitrogens is 3. The van der Waals surface area contributed by atoms with E-state index >= 15 is 0 Å². The average Bonchev–Trinajstić information content (AvgIpc) is 3.69. The first-order valence-electron chi connectivity index (χ1n) is 19.2. The van der Waals surface area contributed by atoms with Crippen molar-refractivity contribution in [3.8, 4) is 0 Å². The summed E-state index contributed by atoms with van der Waals surface area (Å²) in [5.41, 5.74) is 4.75. The zero-order valence-corrected chi connectivity index (χ0v) is 31.6. The van der Waals surface area contributed by atoms with Crippen molar-refractivity contribution < 1.29 is 33.5 Å². The Kier molecular flexibility index (Phi) is 16.4. The molecule has 11 nitrogen and oxygen atoms in total. The second-order valence-electron chi connectivity index (χ2n) is 13.7. The molecule has 1 aliphatic carbocycles. The molecule has 55 heavy (non-hydrogen) atoms. The van der Waals surface area contributed by atoms with E-state index in [0.29, 0.717) is 52.7 Å². The number of hydrogen-bond donors (Lipinski definition) is 2. The molecule has 1 aliphatic rings. The van der Waals surface area contributed by atoms with Crippen molar-refractivity contribution in [1.82, 2.24) is 20.3 Å². The van der Waals surface area contributed by atoms with Crippen LogP contribution in [0, 0.1) is 0 Å². The molecule has 0 bridgehead atoms. The molecule has 1 heterocycles. The van der Waals surface area contributed by atoms with Gasteiger partial charge in [-0.15, -0.1) is 5.10 Å². The summed E-state index contributed by atoms with van der Waals surface area (Å²) >= 11 is 0. The molecule has 6 atom stereocenters. The van der Waals surface area contributed by atoms with Crippen LogP contribution in [0.4, 0.5) is 0 Å². The van der Waals surface area contributed by atoms with Crippen LogP contribution in [0.25, 0.3) is 0 Å². The Morgan fingerprint density at radius 2 is 1.04 bits per heavy atom. The van der Waals surface area contributed by atoms with Gasteiger partial charge in [-0.2, -0.15) is 0 Å². The number of aliphatic hydroxyl groups is 1. The van der Waals surface area contributed by atoms with Gasteiger partial charge >= 0.3 is 0 Å². The summed E-state index contributed by atoms with van der Waals surface area (Å²) in [6, 6.07) is 39.4. The maximum absolute atomic E-state index is 12.4. The van der Waals surface area contributed by atoms with Gasteiger partial charge in [0, 0.05) is 46.2 Å². The monoisotopic (exact) mass is 750 g/mol. The van der Waals surface area contributed by atoms with E-state index in [-0.39, 0.29) is 6.61 Å². The molecule has 2 N–H and O–H groups in total. The Labute approximate surface area is 324 Å². The maximum Gasteiger partial charge on any atom is 0.115 e. The van der Waals surface area contributed by atoms with Gasteiger partial charge in [-0.25, -0.2) is 0 Å². The van der Waals surface area contributed by atoms with Crippen molar-refractivity contribution in [2.24, 2.45) is 0 Å². The van der Waals surface area contributed by atoms with Gasteiger partial charge in [0.15, 0.2) is 0 Å². The number of ether oxygens (including phenoxy) is 6. The lowest BCUT2D eigenvalue weighted by Gasteiger charge is -2.49. The van der Waals surface area contributed by atoms with Crippen molar-refractivity contribution >= 4 is 0 Å². The molecule has 11 heteroatoms. The molecule has 1 fully saturated rings. The van der Waals surface area contributed by atoms with Gasteiger partial charge in [0.2, 0.25) is 0 Å². The van der Waals surface area contributed by atoms with Crippen LogP contribution in [0.3, 0.4) is 0 Å². The predicted molar refractivity (Wildman–Crippen MR) is 209 cm³/mol. The van der Waals surface area contributed by atoms with Crippen molar-refractivity contribution in [1.29, 1.82) is 0 Å². The highest BCUT2D eigenvalue weighted by Crippen LogP contribution is 2.33. The average molecular weight is 751 g/mol. The number of benzene rings is 4. The van der Waals surface area contributed by atoms with Crippen LogP contribution in [0.1, 0.15) is 40.8 Å². The van der Waals surface area contributed by atoms with Crippen LogP contribution in [-0.4, -0.2) is 83.6 Å². The molecule has 1 saturated carbocycles. The third-order valence-electron chi connectivity index (χ3n) is 9.59. The molecule has 0 amide bonds. The fourth-order valence-electron chi connectivity index (χ4n) is 6.73. The van der Waals surface area contributed by atoms with Gasteiger partial charge < -0.3 is 38.8 Å². The molecular formula is C44H54N4O7. The summed E-state index contributed by atoms with van der Waals surface area (Å²) in [7, 11) is 1.69. The van der Waals surface area contributed by atoms with Crippen LogP contribution in [-0.2, 0) is 67.9 Å². The summed E-state index contributed by atoms with van der Waals surface area (Å²) < 4.78 is 39.7. The maximum atomic E-state index is 12.4. The van der Waals surface area contributed by atoms with Gasteiger partial charge in [0.1, 0.15) is 30.5 Å². The van der Waals surface area contributed by atoms with Crippen LogP contribution in [0.2, 0.25) is 0 Å². The number of aryl methyl sites for hydroxylation is 1. The molecule has 1 aromatic heterocycles. The minimum atomic E-state index is -1.04. The largest absolute Gasteiger partial charge is 0.389 e. The van der Waals surface area contributed by atoms with Gasteiger partial charge in [-0.3, -0.25) is 4.68 Å². The topological polar surface area (TPSA) is 118 Å². The second-order valence-corrected chi connectivity index (χ2v) is 13.7. The van der Waals surface area contributed by atoms with Crippen LogP contribution in [0.15, 0.2) is 128 Å². The number of nitrogens with zero attached hydrogens (tertiary/aromatic N) is 3. The fourth-order valence-corrected chi connectivity index (χ4v) is 6.73. The van der Waals surface area contributed by atoms with Crippen molar-refractivity contribution in [3.63, 3.8) is 0 Å².